The summed E-state index contributed by atoms with van der Waals surface area (Å²) in [6, 6.07) is 0.577. The Morgan fingerprint density at radius 1 is 1.28 bits per heavy atom. The summed E-state index contributed by atoms with van der Waals surface area (Å²) < 4.78 is 6.06. The van der Waals surface area contributed by atoms with Gasteiger partial charge in [0.1, 0.15) is 0 Å². The van der Waals surface area contributed by atoms with Gasteiger partial charge in [-0.25, -0.2) is 0 Å². The van der Waals surface area contributed by atoms with Gasteiger partial charge < -0.3 is 15.0 Å². The van der Waals surface area contributed by atoms with Crippen molar-refractivity contribution in [2.75, 3.05) is 33.3 Å². The van der Waals surface area contributed by atoms with Crippen LogP contribution in [0.1, 0.15) is 45.4 Å². The Bertz CT molecular complexity index is 229. The molecule has 0 aromatic heterocycles. The molecule has 0 bridgehead atoms. The van der Waals surface area contributed by atoms with Gasteiger partial charge in [0, 0.05) is 19.1 Å². The van der Waals surface area contributed by atoms with Crippen LogP contribution in [0.25, 0.3) is 0 Å². The van der Waals surface area contributed by atoms with Crippen molar-refractivity contribution in [3.8, 4) is 0 Å². The van der Waals surface area contributed by atoms with Crippen LogP contribution in [0.4, 0.5) is 0 Å². The molecule has 1 N–H and O–H groups in total. The Morgan fingerprint density at radius 3 is 2.72 bits per heavy atom. The Morgan fingerprint density at radius 2 is 2.06 bits per heavy atom. The van der Waals surface area contributed by atoms with Crippen LogP contribution in [0.2, 0.25) is 0 Å². The van der Waals surface area contributed by atoms with Gasteiger partial charge in [-0.15, -0.1) is 0 Å². The van der Waals surface area contributed by atoms with Crippen LogP contribution in [-0.4, -0.2) is 50.3 Å². The molecule has 0 aromatic carbocycles. The zero-order valence-electron chi connectivity index (χ0n) is 12.2. The van der Waals surface area contributed by atoms with E-state index in [0.29, 0.717) is 12.1 Å². The summed E-state index contributed by atoms with van der Waals surface area (Å²) in [7, 11) is 2.22. The fourth-order valence-corrected chi connectivity index (χ4v) is 3.43. The first kappa shape index (κ1) is 14.3. The second-order valence-corrected chi connectivity index (χ2v) is 6.05. The molecule has 1 heterocycles. The second kappa shape index (κ2) is 7.46. The molecule has 1 saturated carbocycles. The highest BCUT2D eigenvalue weighted by atomic mass is 16.5. The summed E-state index contributed by atoms with van der Waals surface area (Å²) in [5, 5.41) is 3.78. The highest BCUT2D eigenvalue weighted by molar-refractivity contribution is 4.88. The Hall–Kier alpha value is -0.120. The lowest BCUT2D eigenvalue weighted by Crippen LogP contribution is -2.54. The van der Waals surface area contributed by atoms with Crippen LogP contribution in [0.15, 0.2) is 0 Å². The van der Waals surface area contributed by atoms with Gasteiger partial charge in [-0.2, -0.15) is 0 Å². The molecule has 2 unspecified atom stereocenters. The summed E-state index contributed by atoms with van der Waals surface area (Å²) >= 11 is 0. The largest absolute Gasteiger partial charge is 0.374 e. The molecule has 0 spiro atoms. The lowest BCUT2D eigenvalue weighted by molar-refractivity contribution is -0.0523. The molecule has 2 rings (SSSR count). The SMILES string of the molecule is CCCNC(C1CCCCC1)C1CN(C)CCO1. The zero-order chi connectivity index (χ0) is 12.8. The lowest BCUT2D eigenvalue weighted by Gasteiger charge is -2.40. The van der Waals surface area contributed by atoms with E-state index in [1.165, 1.54) is 38.5 Å². The lowest BCUT2D eigenvalue weighted by atomic mass is 9.81. The normalized spacial score (nSPS) is 29.3. The van der Waals surface area contributed by atoms with Crippen molar-refractivity contribution in [3.63, 3.8) is 0 Å². The van der Waals surface area contributed by atoms with Gasteiger partial charge in [0.05, 0.1) is 12.7 Å². The molecule has 3 heteroatoms. The Kier molecular flexibility index (Phi) is 5.93. The van der Waals surface area contributed by atoms with Crippen LogP contribution in [0, 0.1) is 5.92 Å². The molecule has 1 saturated heterocycles. The zero-order valence-corrected chi connectivity index (χ0v) is 12.2. The number of hydrogen-bond donors (Lipinski definition) is 1. The Balaban J connectivity index is 1.93. The van der Waals surface area contributed by atoms with Crippen molar-refractivity contribution in [2.24, 2.45) is 5.92 Å². The highest BCUT2D eigenvalue weighted by Gasteiger charge is 2.32. The average molecular weight is 254 g/mol. The molecule has 1 aliphatic carbocycles. The summed E-state index contributed by atoms with van der Waals surface area (Å²) in [6.45, 7) is 6.46. The van der Waals surface area contributed by atoms with Crippen LogP contribution in [-0.2, 0) is 4.74 Å². The van der Waals surface area contributed by atoms with E-state index in [-0.39, 0.29) is 0 Å². The maximum absolute atomic E-state index is 6.06. The van der Waals surface area contributed by atoms with E-state index in [1.807, 2.05) is 0 Å². The molecule has 0 amide bonds. The van der Waals surface area contributed by atoms with Crippen LogP contribution >= 0.6 is 0 Å². The monoisotopic (exact) mass is 254 g/mol. The molecule has 2 fully saturated rings. The molecule has 2 atom stereocenters. The standard InChI is InChI=1S/C15H30N2O/c1-3-9-16-15(13-7-5-4-6-8-13)14-12-17(2)10-11-18-14/h13-16H,3-12H2,1-2H3. The van der Waals surface area contributed by atoms with Gasteiger partial charge in [0.2, 0.25) is 0 Å². The van der Waals surface area contributed by atoms with Crippen LogP contribution in [0.3, 0.4) is 0 Å². The molecular formula is C15H30N2O. The Labute approximate surface area is 112 Å². The first-order valence-corrected chi connectivity index (χ1v) is 7.84. The van der Waals surface area contributed by atoms with E-state index in [0.717, 1.165) is 32.2 Å². The summed E-state index contributed by atoms with van der Waals surface area (Å²) in [4.78, 5) is 2.41. The summed E-state index contributed by atoms with van der Waals surface area (Å²) in [5.74, 6) is 0.835. The van der Waals surface area contributed by atoms with Gasteiger partial charge >= 0.3 is 0 Å². The topological polar surface area (TPSA) is 24.5 Å². The van der Waals surface area contributed by atoms with Crippen molar-refractivity contribution < 1.29 is 4.74 Å². The maximum Gasteiger partial charge on any atom is 0.0857 e. The van der Waals surface area contributed by atoms with Gasteiger partial charge in [-0.1, -0.05) is 26.2 Å². The van der Waals surface area contributed by atoms with E-state index in [9.17, 15) is 0 Å². The van der Waals surface area contributed by atoms with Gasteiger partial charge in [-0.3, -0.25) is 0 Å². The molecule has 18 heavy (non-hydrogen) atoms. The van der Waals surface area contributed by atoms with E-state index in [4.69, 9.17) is 4.74 Å². The van der Waals surface area contributed by atoms with Crippen molar-refractivity contribution in [2.45, 2.75) is 57.6 Å². The minimum Gasteiger partial charge on any atom is -0.374 e. The number of rotatable bonds is 5. The predicted octanol–water partition coefficient (Wildman–Crippen LogP) is 2.27. The quantitative estimate of drug-likeness (QED) is 0.814. The number of ether oxygens (including phenoxy) is 1. The van der Waals surface area contributed by atoms with Crippen molar-refractivity contribution in [3.05, 3.63) is 0 Å². The van der Waals surface area contributed by atoms with Crippen molar-refractivity contribution in [1.82, 2.24) is 10.2 Å². The predicted molar refractivity (Wildman–Crippen MR) is 75.9 cm³/mol. The minimum absolute atomic E-state index is 0.401. The van der Waals surface area contributed by atoms with E-state index in [1.54, 1.807) is 0 Å². The summed E-state index contributed by atoms with van der Waals surface area (Å²) in [6.07, 6.45) is 8.66. The van der Waals surface area contributed by atoms with Crippen LogP contribution < -0.4 is 5.32 Å². The van der Waals surface area contributed by atoms with Crippen molar-refractivity contribution in [1.29, 1.82) is 0 Å². The first-order valence-electron chi connectivity index (χ1n) is 7.84. The van der Waals surface area contributed by atoms with Crippen molar-refractivity contribution >= 4 is 0 Å². The molecule has 0 aromatic rings. The minimum atomic E-state index is 0.401. The fourth-order valence-electron chi connectivity index (χ4n) is 3.43. The van der Waals surface area contributed by atoms with E-state index >= 15 is 0 Å². The number of morpholine rings is 1. The third-order valence-electron chi connectivity index (χ3n) is 4.48. The fraction of sp³-hybridized carbons (Fsp3) is 1.00. The number of nitrogens with one attached hydrogen (secondary N) is 1. The second-order valence-electron chi connectivity index (χ2n) is 6.05. The maximum atomic E-state index is 6.06. The van der Waals surface area contributed by atoms with Gasteiger partial charge in [0.25, 0.3) is 0 Å². The first-order chi connectivity index (χ1) is 8.81. The van der Waals surface area contributed by atoms with E-state index < -0.39 is 0 Å². The molecule has 106 valence electrons. The number of nitrogens with zero attached hydrogens (tertiary/aromatic N) is 1. The highest BCUT2D eigenvalue weighted by Crippen LogP contribution is 2.29. The molecule has 0 radical (unpaired) electrons. The molecule has 2 aliphatic rings. The molecule has 3 nitrogen and oxygen atoms in total. The van der Waals surface area contributed by atoms with Gasteiger partial charge in [-0.05, 0) is 38.8 Å². The molecule has 1 aliphatic heterocycles. The van der Waals surface area contributed by atoms with E-state index in [2.05, 4.69) is 24.2 Å². The smallest absolute Gasteiger partial charge is 0.0857 e. The van der Waals surface area contributed by atoms with Gasteiger partial charge in [0.15, 0.2) is 0 Å². The number of hydrogen-bond acceptors (Lipinski definition) is 3. The average Bonchev–Trinajstić information content (AvgIpc) is 2.40. The third-order valence-corrected chi connectivity index (χ3v) is 4.48. The summed E-state index contributed by atoms with van der Waals surface area (Å²) in [5.41, 5.74) is 0. The third kappa shape index (κ3) is 3.94. The van der Waals surface area contributed by atoms with Crippen LogP contribution in [0.5, 0.6) is 0 Å². The molecular weight excluding hydrogens is 224 g/mol. The number of likely N-dealkylation sites (N-methyl/N-ethyl adjacent to an activating group) is 1.